The van der Waals surface area contributed by atoms with Crippen LogP contribution in [-0.2, 0) is 0 Å². The van der Waals surface area contributed by atoms with Gasteiger partial charge in [0, 0.05) is 11.9 Å². The number of nitrogens with one attached hydrogen (secondary N) is 1. The van der Waals surface area contributed by atoms with Crippen LogP contribution in [0, 0.1) is 0 Å². The van der Waals surface area contributed by atoms with E-state index >= 15 is 0 Å². The zero-order valence-corrected chi connectivity index (χ0v) is 10.4. The number of aliphatic hydroxyl groups excluding tert-OH is 1. The molecule has 0 aliphatic carbocycles. The van der Waals surface area contributed by atoms with Gasteiger partial charge in [0.05, 0.1) is 11.6 Å². The highest BCUT2D eigenvalue weighted by atomic mass is 16.3. The Morgan fingerprint density at radius 1 is 1.33 bits per heavy atom. The van der Waals surface area contributed by atoms with Gasteiger partial charge in [-0.25, -0.2) is 4.98 Å². The summed E-state index contributed by atoms with van der Waals surface area (Å²) in [7, 11) is 0. The van der Waals surface area contributed by atoms with E-state index in [9.17, 15) is 5.11 Å². The Hall–Kier alpha value is -1.88. The highest BCUT2D eigenvalue weighted by molar-refractivity contribution is 5.89. The molecule has 0 saturated carbocycles. The summed E-state index contributed by atoms with van der Waals surface area (Å²) >= 11 is 0. The van der Waals surface area contributed by atoms with Gasteiger partial charge < -0.3 is 16.2 Å². The van der Waals surface area contributed by atoms with Gasteiger partial charge in [-0.1, -0.05) is 19.1 Å². The molecule has 1 unspecified atom stereocenters. The number of hydrogen-bond donors (Lipinski definition) is 3. The summed E-state index contributed by atoms with van der Waals surface area (Å²) < 4.78 is 0. The Morgan fingerprint density at radius 2 is 2.11 bits per heavy atom. The van der Waals surface area contributed by atoms with Crippen molar-refractivity contribution in [3.8, 4) is 0 Å². The molecule has 18 heavy (non-hydrogen) atoms. The molecular weight excluding hydrogens is 228 g/mol. The number of anilines is 2. The number of para-hydroxylation sites is 1. The predicted molar refractivity (Wildman–Crippen MR) is 73.4 cm³/mol. The van der Waals surface area contributed by atoms with E-state index in [1.807, 2.05) is 31.2 Å². The van der Waals surface area contributed by atoms with Crippen molar-refractivity contribution in [2.24, 2.45) is 0 Å². The van der Waals surface area contributed by atoms with Crippen molar-refractivity contribution >= 4 is 22.7 Å². The molecule has 0 spiro atoms. The molecule has 0 radical (unpaired) electrons. The SMILES string of the molecule is CCC(O)CCNc1nc(N)nc2ccccc12. The van der Waals surface area contributed by atoms with Gasteiger partial charge in [0.15, 0.2) is 0 Å². The van der Waals surface area contributed by atoms with Crippen molar-refractivity contribution in [1.29, 1.82) is 0 Å². The van der Waals surface area contributed by atoms with Crippen LogP contribution < -0.4 is 11.1 Å². The van der Waals surface area contributed by atoms with E-state index in [1.54, 1.807) is 0 Å². The third-order valence-corrected chi connectivity index (χ3v) is 2.86. The first-order chi connectivity index (χ1) is 8.70. The van der Waals surface area contributed by atoms with Crippen molar-refractivity contribution < 1.29 is 5.11 Å². The molecule has 2 aromatic rings. The van der Waals surface area contributed by atoms with Crippen LogP contribution in [0.5, 0.6) is 0 Å². The van der Waals surface area contributed by atoms with Crippen LogP contribution in [0.25, 0.3) is 10.9 Å². The van der Waals surface area contributed by atoms with Crippen molar-refractivity contribution in [2.75, 3.05) is 17.6 Å². The summed E-state index contributed by atoms with van der Waals surface area (Å²) in [6.45, 7) is 2.62. The molecule has 2 rings (SSSR count). The molecule has 0 aliphatic rings. The third kappa shape index (κ3) is 2.87. The van der Waals surface area contributed by atoms with Crippen LogP contribution in [0.4, 0.5) is 11.8 Å². The number of benzene rings is 1. The van der Waals surface area contributed by atoms with E-state index in [1.165, 1.54) is 0 Å². The van der Waals surface area contributed by atoms with Crippen LogP contribution in [0.15, 0.2) is 24.3 Å². The fourth-order valence-electron chi connectivity index (χ4n) is 1.79. The Bertz CT molecular complexity index is 529. The van der Waals surface area contributed by atoms with Gasteiger partial charge in [-0.15, -0.1) is 0 Å². The zero-order chi connectivity index (χ0) is 13.0. The molecule has 0 fully saturated rings. The summed E-state index contributed by atoms with van der Waals surface area (Å²) in [4.78, 5) is 8.37. The number of hydrogen-bond acceptors (Lipinski definition) is 5. The van der Waals surface area contributed by atoms with E-state index in [0.717, 1.165) is 23.1 Å². The number of rotatable bonds is 5. The van der Waals surface area contributed by atoms with Crippen LogP contribution in [0.2, 0.25) is 0 Å². The monoisotopic (exact) mass is 246 g/mol. The lowest BCUT2D eigenvalue weighted by Gasteiger charge is -2.11. The molecule has 1 heterocycles. The number of nitrogens with two attached hydrogens (primary N) is 1. The first-order valence-corrected chi connectivity index (χ1v) is 6.15. The van der Waals surface area contributed by atoms with Crippen LogP contribution in [0.3, 0.4) is 0 Å². The van der Waals surface area contributed by atoms with Crippen molar-refractivity contribution in [3.05, 3.63) is 24.3 Å². The minimum Gasteiger partial charge on any atom is -0.393 e. The first-order valence-electron chi connectivity index (χ1n) is 6.15. The second-order valence-corrected chi connectivity index (χ2v) is 4.23. The molecule has 1 atom stereocenters. The summed E-state index contributed by atoms with van der Waals surface area (Å²) in [6.07, 6.45) is 1.17. The summed E-state index contributed by atoms with van der Waals surface area (Å²) in [5.41, 5.74) is 6.49. The number of aromatic nitrogens is 2. The van der Waals surface area contributed by atoms with Gasteiger partial charge in [0.25, 0.3) is 0 Å². The van der Waals surface area contributed by atoms with Crippen molar-refractivity contribution in [1.82, 2.24) is 9.97 Å². The van der Waals surface area contributed by atoms with E-state index in [2.05, 4.69) is 15.3 Å². The fraction of sp³-hybridized carbons (Fsp3) is 0.385. The first kappa shape index (κ1) is 12.6. The smallest absolute Gasteiger partial charge is 0.222 e. The lowest BCUT2D eigenvalue weighted by atomic mass is 10.2. The topological polar surface area (TPSA) is 84.1 Å². The Balaban J connectivity index is 2.17. The average molecular weight is 246 g/mol. The lowest BCUT2D eigenvalue weighted by molar-refractivity contribution is 0.164. The van der Waals surface area contributed by atoms with E-state index in [-0.39, 0.29) is 12.1 Å². The van der Waals surface area contributed by atoms with Crippen LogP contribution in [0.1, 0.15) is 19.8 Å². The largest absolute Gasteiger partial charge is 0.393 e. The number of fused-ring (bicyclic) bond motifs is 1. The molecule has 0 aliphatic heterocycles. The maximum absolute atomic E-state index is 9.51. The molecule has 96 valence electrons. The quantitative estimate of drug-likeness (QED) is 0.749. The van der Waals surface area contributed by atoms with Crippen molar-refractivity contribution in [2.45, 2.75) is 25.9 Å². The molecule has 0 amide bonds. The second-order valence-electron chi connectivity index (χ2n) is 4.23. The molecule has 5 heteroatoms. The average Bonchev–Trinajstić information content (AvgIpc) is 2.38. The summed E-state index contributed by atoms with van der Waals surface area (Å²) in [5, 5.41) is 13.7. The number of nitrogen functional groups attached to an aromatic ring is 1. The molecule has 0 saturated heterocycles. The van der Waals surface area contributed by atoms with Gasteiger partial charge in [0.1, 0.15) is 5.82 Å². The van der Waals surface area contributed by atoms with Crippen molar-refractivity contribution in [3.63, 3.8) is 0 Å². The van der Waals surface area contributed by atoms with Gasteiger partial charge in [-0.3, -0.25) is 0 Å². The van der Waals surface area contributed by atoms with Gasteiger partial charge >= 0.3 is 0 Å². The molecule has 1 aromatic carbocycles. The summed E-state index contributed by atoms with van der Waals surface area (Å²) in [6, 6.07) is 7.71. The van der Waals surface area contributed by atoms with Gasteiger partial charge in [-0.2, -0.15) is 4.98 Å². The maximum Gasteiger partial charge on any atom is 0.222 e. The normalized spacial score (nSPS) is 12.6. The van der Waals surface area contributed by atoms with Crippen LogP contribution in [-0.4, -0.2) is 27.7 Å². The number of nitrogens with zero attached hydrogens (tertiary/aromatic N) is 2. The highest BCUT2D eigenvalue weighted by Crippen LogP contribution is 2.20. The molecule has 0 bridgehead atoms. The fourth-order valence-corrected chi connectivity index (χ4v) is 1.79. The van der Waals surface area contributed by atoms with E-state index in [0.29, 0.717) is 13.0 Å². The molecular formula is C13H18N4O. The maximum atomic E-state index is 9.51. The third-order valence-electron chi connectivity index (χ3n) is 2.86. The highest BCUT2D eigenvalue weighted by Gasteiger charge is 2.06. The number of aliphatic hydroxyl groups is 1. The second kappa shape index (κ2) is 5.64. The van der Waals surface area contributed by atoms with Crippen LogP contribution >= 0.6 is 0 Å². The predicted octanol–water partition coefficient (Wildman–Crippen LogP) is 1.78. The molecule has 5 nitrogen and oxygen atoms in total. The Labute approximate surface area is 106 Å². The summed E-state index contributed by atoms with van der Waals surface area (Å²) in [5.74, 6) is 0.980. The Morgan fingerprint density at radius 3 is 2.89 bits per heavy atom. The molecule has 1 aromatic heterocycles. The minimum atomic E-state index is -0.275. The van der Waals surface area contributed by atoms with E-state index in [4.69, 9.17) is 5.73 Å². The minimum absolute atomic E-state index is 0.257. The molecule has 4 N–H and O–H groups in total. The van der Waals surface area contributed by atoms with Gasteiger partial charge in [-0.05, 0) is 25.0 Å². The van der Waals surface area contributed by atoms with Gasteiger partial charge in [0.2, 0.25) is 5.95 Å². The Kier molecular flexibility index (Phi) is 3.94. The zero-order valence-electron chi connectivity index (χ0n) is 10.4. The standard InChI is InChI=1S/C13H18N4O/c1-2-9(18)7-8-15-12-10-5-3-4-6-11(10)16-13(14)17-12/h3-6,9,18H,2,7-8H2,1H3,(H3,14,15,16,17). The lowest BCUT2D eigenvalue weighted by Crippen LogP contribution is -2.13. The van der Waals surface area contributed by atoms with E-state index < -0.39 is 0 Å².